The quantitative estimate of drug-likeness (QED) is 0.826. The van der Waals surface area contributed by atoms with E-state index in [4.69, 9.17) is 11.6 Å². The first-order valence-electron chi connectivity index (χ1n) is 5.10. The van der Waals surface area contributed by atoms with Gasteiger partial charge in [-0.3, -0.25) is 0 Å². The Balaban J connectivity index is 2.09. The largest absolute Gasteiger partial charge is 0.316 e. The van der Waals surface area contributed by atoms with Crippen molar-refractivity contribution in [2.45, 2.75) is 12.3 Å². The summed E-state index contributed by atoms with van der Waals surface area (Å²) in [7, 11) is 0. The number of thiazole rings is 1. The Morgan fingerprint density at radius 3 is 3.13 bits per heavy atom. The van der Waals surface area contributed by atoms with Gasteiger partial charge in [-0.05, 0) is 25.1 Å². The molecule has 0 radical (unpaired) electrons. The summed E-state index contributed by atoms with van der Waals surface area (Å²) in [4.78, 5) is 4.64. The van der Waals surface area contributed by atoms with Gasteiger partial charge in [-0.25, -0.2) is 4.98 Å². The molecule has 1 unspecified atom stereocenters. The van der Waals surface area contributed by atoms with E-state index in [0.29, 0.717) is 5.92 Å². The summed E-state index contributed by atoms with van der Waals surface area (Å²) in [6.07, 6.45) is 1.19. The number of nitrogens with zero attached hydrogens (tertiary/aromatic N) is 1. The molecule has 0 spiro atoms. The second-order valence-corrected chi connectivity index (χ2v) is 5.30. The fraction of sp³-hybridized carbons (Fsp3) is 0.364. The fourth-order valence-corrected chi connectivity index (χ4v) is 3.37. The number of aromatic nitrogens is 1. The van der Waals surface area contributed by atoms with Crippen molar-refractivity contribution in [2.75, 3.05) is 13.1 Å². The third kappa shape index (κ3) is 1.65. The normalized spacial score (nSPS) is 21.3. The molecule has 3 rings (SSSR count). The van der Waals surface area contributed by atoms with E-state index in [9.17, 15) is 0 Å². The van der Waals surface area contributed by atoms with Crippen LogP contribution in [0.5, 0.6) is 0 Å². The topological polar surface area (TPSA) is 24.9 Å². The predicted molar refractivity (Wildman–Crippen MR) is 64.9 cm³/mol. The van der Waals surface area contributed by atoms with E-state index in [-0.39, 0.29) is 0 Å². The van der Waals surface area contributed by atoms with Crippen molar-refractivity contribution in [3.63, 3.8) is 0 Å². The highest BCUT2D eigenvalue weighted by Crippen LogP contribution is 2.33. The highest BCUT2D eigenvalue weighted by molar-refractivity contribution is 7.18. The maximum absolute atomic E-state index is 6.11. The van der Waals surface area contributed by atoms with Crippen molar-refractivity contribution in [3.05, 3.63) is 28.2 Å². The Kier molecular flexibility index (Phi) is 2.39. The van der Waals surface area contributed by atoms with Crippen molar-refractivity contribution in [1.29, 1.82) is 0 Å². The van der Waals surface area contributed by atoms with Gasteiger partial charge in [0, 0.05) is 12.5 Å². The Bertz CT molecular complexity index is 488. The summed E-state index contributed by atoms with van der Waals surface area (Å²) in [6, 6.07) is 5.98. The highest BCUT2D eigenvalue weighted by atomic mass is 35.5. The number of rotatable bonds is 1. The number of nitrogens with one attached hydrogen (secondary N) is 1. The second kappa shape index (κ2) is 3.74. The number of hydrogen-bond acceptors (Lipinski definition) is 3. The minimum Gasteiger partial charge on any atom is -0.316 e. The van der Waals surface area contributed by atoms with Crippen LogP contribution in [0.1, 0.15) is 17.3 Å². The van der Waals surface area contributed by atoms with Gasteiger partial charge in [0.05, 0.1) is 14.7 Å². The Hall–Kier alpha value is -0.640. The molecule has 0 aliphatic carbocycles. The molecule has 4 heteroatoms. The van der Waals surface area contributed by atoms with Crippen LogP contribution in [0.25, 0.3) is 10.2 Å². The van der Waals surface area contributed by atoms with Crippen LogP contribution in [-0.2, 0) is 0 Å². The molecule has 78 valence electrons. The van der Waals surface area contributed by atoms with Crippen molar-refractivity contribution >= 4 is 33.2 Å². The molecule has 0 saturated carbocycles. The molecule has 1 aliphatic rings. The van der Waals surface area contributed by atoms with Crippen molar-refractivity contribution < 1.29 is 0 Å². The molecule has 1 N–H and O–H groups in total. The van der Waals surface area contributed by atoms with Crippen LogP contribution in [0.3, 0.4) is 0 Å². The summed E-state index contributed by atoms with van der Waals surface area (Å²) in [6.45, 7) is 2.16. The summed E-state index contributed by atoms with van der Waals surface area (Å²) in [5, 5.41) is 5.35. The highest BCUT2D eigenvalue weighted by Gasteiger charge is 2.20. The molecule has 1 fully saturated rings. The number of hydrogen-bond donors (Lipinski definition) is 1. The van der Waals surface area contributed by atoms with E-state index in [1.165, 1.54) is 16.1 Å². The molecule has 2 aromatic rings. The molecule has 1 atom stereocenters. The van der Waals surface area contributed by atoms with Crippen molar-refractivity contribution in [3.8, 4) is 0 Å². The van der Waals surface area contributed by atoms with Crippen LogP contribution in [-0.4, -0.2) is 18.1 Å². The minimum absolute atomic E-state index is 0.582. The van der Waals surface area contributed by atoms with Gasteiger partial charge in [-0.2, -0.15) is 0 Å². The smallest absolute Gasteiger partial charge is 0.100 e. The molecular weight excluding hydrogens is 228 g/mol. The molecular formula is C11H11ClN2S. The molecule has 1 aromatic carbocycles. The molecule has 0 amide bonds. The van der Waals surface area contributed by atoms with E-state index < -0.39 is 0 Å². The lowest BCUT2D eigenvalue weighted by Gasteiger charge is -2.00. The second-order valence-electron chi connectivity index (χ2n) is 3.83. The van der Waals surface area contributed by atoms with Gasteiger partial charge < -0.3 is 5.32 Å². The summed E-state index contributed by atoms with van der Waals surface area (Å²) < 4.78 is 1.20. The standard InChI is InChI=1S/C11H11ClN2S/c12-8-2-1-3-9-10(8)14-11(15-9)7-4-5-13-6-7/h1-3,7,13H,4-6H2. The Labute approximate surface area is 97.3 Å². The molecule has 2 heterocycles. The first kappa shape index (κ1) is 9.58. The van der Waals surface area contributed by atoms with E-state index in [1.54, 1.807) is 11.3 Å². The summed E-state index contributed by atoms with van der Waals surface area (Å²) in [5.74, 6) is 0.582. The zero-order chi connectivity index (χ0) is 10.3. The van der Waals surface area contributed by atoms with Gasteiger partial charge in [0.2, 0.25) is 0 Å². The lowest BCUT2D eigenvalue weighted by molar-refractivity contribution is 0.758. The lowest BCUT2D eigenvalue weighted by Crippen LogP contribution is -2.07. The number of fused-ring (bicyclic) bond motifs is 1. The van der Waals surface area contributed by atoms with Crippen LogP contribution < -0.4 is 5.32 Å². The number of halogens is 1. The molecule has 2 nitrogen and oxygen atoms in total. The average Bonchev–Trinajstić information content (AvgIpc) is 2.86. The third-order valence-electron chi connectivity index (χ3n) is 2.80. The molecule has 1 aliphatic heterocycles. The number of benzene rings is 1. The van der Waals surface area contributed by atoms with Crippen molar-refractivity contribution in [1.82, 2.24) is 10.3 Å². The van der Waals surface area contributed by atoms with Crippen LogP contribution in [0.4, 0.5) is 0 Å². The maximum atomic E-state index is 6.11. The molecule has 15 heavy (non-hydrogen) atoms. The van der Waals surface area contributed by atoms with Gasteiger partial charge in [-0.15, -0.1) is 11.3 Å². The molecule has 0 bridgehead atoms. The van der Waals surface area contributed by atoms with Crippen LogP contribution in [0, 0.1) is 0 Å². The van der Waals surface area contributed by atoms with Crippen molar-refractivity contribution in [2.24, 2.45) is 0 Å². The van der Waals surface area contributed by atoms with Crippen LogP contribution >= 0.6 is 22.9 Å². The van der Waals surface area contributed by atoms with Gasteiger partial charge in [-0.1, -0.05) is 17.7 Å². The Morgan fingerprint density at radius 2 is 2.40 bits per heavy atom. The number of para-hydroxylation sites is 1. The first-order valence-corrected chi connectivity index (χ1v) is 6.30. The minimum atomic E-state index is 0.582. The van der Waals surface area contributed by atoms with Crippen LogP contribution in [0.2, 0.25) is 5.02 Å². The lowest BCUT2D eigenvalue weighted by atomic mass is 10.1. The maximum Gasteiger partial charge on any atom is 0.100 e. The first-order chi connectivity index (χ1) is 7.34. The molecule has 1 saturated heterocycles. The van der Waals surface area contributed by atoms with E-state index >= 15 is 0 Å². The monoisotopic (exact) mass is 238 g/mol. The Morgan fingerprint density at radius 1 is 1.47 bits per heavy atom. The third-order valence-corrected chi connectivity index (χ3v) is 4.28. The van der Waals surface area contributed by atoms with E-state index in [1.807, 2.05) is 12.1 Å². The SMILES string of the molecule is Clc1cccc2sc(C3CCNC3)nc12. The fourth-order valence-electron chi connectivity index (χ4n) is 1.97. The predicted octanol–water partition coefficient (Wildman–Crippen LogP) is 3.03. The summed E-state index contributed by atoms with van der Waals surface area (Å²) >= 11 is 7.88. The van der Waals surface area contributed by atoms with E-state index in [2.05, 4.69) is 16.4 Å². The van der Waals surface area contributed by atoms with E-state index in [0.717, 1.165) is 23.6 Å². The average molecular weight is 239 g/mol. The van der Waals surface area contributed by atoms with Gasteiger partial charge in [0.25, 0.3) is 0 Å². The van der Waals surface area contributed by atoms with Gasteiger partial charge in [0.1, 0.15) is 5.52 Å². The summed E-state index contributed by atoms with van der Waals surface area (Å²) in [5.41, 5.74) is 0.964. The molecule has 1 aromatic heterocycles. The van der Waals surface area contributed by atoms with Crippen LogP contribution in [0.15, 0.2) is 18.2 Å². The van der Waals surface area contributed by atoms with Gasteiger partial charge >= 0.3 is 0 Å². The zero-order valence-corrected chi connectivity index (χ0v) is 9.74. The zero-order valence-electron chi connectivity index (χ0n) is 8.16. The van der Waals surface area contributed by atoms with Gasteiger partial charge in [0.15, 0.2) is 0 Å².